The van der Waals surface area contributed by atoms with Crippen LogP contribution in [-0.4, -0.2) is 27.5 Å². The van der Waals surface area contributed by atoms with Gasteiger partial charge in [-0.2, -0.15) is 10.1 Å². The summed E-state index contributed by atoms with van der Waals surface area (Å²) in [5, 5.41) is 15.7. The Morgan fingerprint density at radius 2 is 2.05 bits per heavy atom. The number of benzene rings is 1. The molecule has 1 N–H and O–H groups in total. The topological polar surface area (TPSA) is 66.0 Å². The molecule has 1 aromatic heterocycles. The summed E-state index contributed by atoms with van der Waals surface area (Å²) in [6.07, 6.45) is 1.70. The Hall–Kier alpha value is -2.40. The predicted molar refractivity (Wildman–Crippen MR) is 73.1 cm³/mol. The molecule has 5 heteroatoms. The van der Waals surface area contributed by atoms with Gasteiger partial charge in [0.25, 0.3) is 0 Å². The summed E-state index contributed by atoms with van der Waals surface area (Å²) in [4.78, 5) is 12.3. The lowest BCUT2D eigenvalue weighted by Crippen LogP contribution is -2.43. The zero-order valence-corrected chi connectivity index (χ0v) is 11.0. The van der Waals surface area contributed by atoms with E-state index in [0.29, 0.717) is 5.71 Å². The van der Waals surface area contributed by atoms with Gasteiger partial charge in [0.2, 0.25) is 0 Å². The molecule has 3 rings (SSSR count). The van der Waals surface area contributed by atoms with Gasteiger partial charge in [-0.05, 0) is 24.6 Å². The first-order chi connectivity index (χ1) is 9.58. The fraction of sp³-hybridized carbons (Fsp3) is 0.200. The lowest BCUT2D eigenvalue weighted by molar-refractivity contribution is -0.0565. The number of hydrogen-bond donors (Lipinski definition) is 1. The molecule has 0 spiro atoms. The van der Waals surface area contributed by atoms with Crippen LogP contribution in [0.4, 0.5) is 0 Å². The van der Waals surface area contributed by atoms with Crippen molar-refractivity contribution in [2.45, 2.75) is 19.1 Å². The van der Waals surface area contributed by atoms with E-state index in [1.807, 2.05) is 30.3 Å². The molecule has 20 heavy (non-hydrogen) atoms. The molecule has 0 saturated carbocycles. The monoisotopic (exact) mass is 270 g/mol. The maximum Gasteiger partial charge on any atom is 0.312 e. The lowest BCUT2D eigenvalue weighted by Gasteiger charge is -2.25. The largest absolute Gasteiger partial charge is 0.459 e. The first-order valence-corrected chi connectivity index (χ1v) is 6.31. The number of amides is 1. The molecule has 1 aromatic carbocycles. The number of carbonyl (C=O) groups excluding carboxylic acids is 1. The van der Waals surface area contributed by atoms with E-state index >= 15 is 0 Å². The number of hydrogen-bond acceptors (Lipinski definition) is 4. The van der Waals surface area contributed by atoms with Crippen molar-refractivity contribution in [3.63, 3.8) is 0 Å². The van der Waals surface area contributed by atoms with Gasteiger partial charge in [-0.3, -0.25) is 4.79 Å². The van der Waals surface area contributed by atoms with Crippen LogP contribution in [0.3, 0.4) is 0 Å². The molecule has 102 valence electrons. The van der Waals surface area contributed by atoms with Crippen LogP contribution in [-0.2, 0) is 0 Å². The van der Waals surface area contributed by atoms with Crippen molar-refractivity contribution in [1.29, 1.82) is 0 Å². The Labute approximate surface area is 116 Å². The number of carbonyl (C=O) groups is 1. The Balaban J connectivity index is 1.94. The summed E-state index contributed by atoms with van der Waals surface area (Å²) >= 11 is 0. The van der Waals surface area contributed by atoms with Crippen LogP contribution < -0.4 is 0 Å². The number of hydrazone groups is 1. The van der Waals surface area contributed by atoms with Crippen LogP contribution in [0.5, 0.6) is 0 Å². The summed E-state index contributed by atoms with van der Waals surface area (Å²) in [6, 6.07) is 12.7. The smallest absolute Gasteiger partial charge is 0.312 e. The fourth-order valence-electron chi connectivity index (χ4n) is 2.22. The molecule has 1 amide bonds. The maximum atomic E-state index is 12.3. The van der Waals surface area contributed by atoms with E-state index < -0.39 is 11.6 Å². The van der Waals surface area contributed by atoms with E-state index in [1.165, 1.54) is 6.26 Å². The standard InChI is InChI=1S/C15H14N2O3/c1-15(19)10-12(11-6-3-2-4-7-11)16-17(15)14(18)13-8-5-9-20-13/h2-9,19H,10H2,1H3/t15-/m0/s1. The number of rotatable bonds is 2. The highest BCUT2D eigenvalue weighted by molar-refractivity contribution is 6.04. The quantitative estimate of drug-likeness (QED) is 0.910. The van der Waals surface area contributed by atoms with Crippen LogP contribution in [0.25, 0.3) is 0 Å². The molecule has 0 bridgehead atoms. The van der Waals surface area contributed by atoms with Crippen molar-refractivity contribution in [2.24, 2.45) is 5.10 Å². The second kappa shape index (κ2) is 4.61. The second-order valence-corrected chi connectivity index (χ2v) is 4.90. The van der Waals surface area contributed by atoms with E-state index in [4.69, 9.17) is 4.42 Å². The van der Waals surface area contributed by atoms with E-state index in [0.717, 1.165) is 10.6 Å². The van der Waals surface area contributed by atoms with Gasteiger partial charge < -0.3 is 9.52 Å². The Morgan fingerprint density at radius 1 is 1.30 bits per heavy atom. The zero-order chi connectivity index (χ0) is 14.2. The predicted octanol–water partition coefficient (Wildman–Crippen LogP) is 2.24. The third kappa shape index (κ3) is 2.12. The third-order valence-electron chi connectivity index (χ3n) is 3.21. The van der Waals surface area contributed by atoms with Gasteiger partial charge in [-0.15, -0.1) is 0 Å². The normalized spacial score (nSPS) is 21.9. The van der Waals surface area contributed by atoms with Crippen molar-refractivity contribution < 1.29 is 14.3 Å². The van der Waals surface area contributed by atoms with Gasteiger partial charge in [0.15, 0.2) is 11.5 Å². The average molecular weight is 270 g/mol. The van der Waals surface area contributed by atoms with Gasteiger partial charge in [-0.25, -0.2) is 0 Å². The lowest BCUT2D eigenvalue weighted by atomic mass is 10.0. The Morgan fingerprint density at radius 3 is 2.70 bits per heavy atom. The highest BCUT2D eigenvalue weighted by atomic mass is 16.4. The SMILES string of the molecule is C[C@]1(O)CC(c2ccccc2)=NN1C(=O)c1ccco1. The van der Waals surface area contributed by atoms with E-state index in [2.05, 4.69) is 5.10 Å². The van der Waals surface area contributed by atoms with Crippen LogP contribution in [0.2, 0.25) is 0 Å². The maximum absolute atomic E-state index is 12.3. The first-order valence-electron chi connectivity index (χ1n) is 6.31. The third-order valence-corrected chi connectivity index (χ3v) is 3.21. The van der Waals surface area contributed by atoms with E-state index in [-0.39, 0.29) is 12.2 Å². The van der Waals surface area contributed by atoms with Gasteiger partial charge in [-0.1, -0.05) is 30.3 Å². The highest BCUT2D eigenvalue weighted by Gasteiger charge is 2.41. The molecule has 1 aliphatic rings. The summed E-state index contributed by atoms with van der Waals surface area (Å²) < 4.78 is 5.07. The summed E-state index contributed by atoms with van der Waals surface area (Å²) in [5.74, 6) is -0.297. The minimum atomic E-state index is -1.35. The molecule has 0 radical (unpaired) electrons. The molecule has 5 nitrogen and oxygen atoms in total. The molecule has 0 saturated heterocycles. The van der Waals surface area contributed by atoms with E-state index in [9.17, 15) is 9.90 Å². The van der Waals surface area contributed by atoms with Gasteiger partial charge in [0.1, 0.15) is 0 Å². The number of aliphatic hydroxyl groups is 1. The Bertz CT molecular complexity index is 645. The summed E-state index contributed by atoms with van der Waals surface area (Å²) in [5.41, 5.74) is 0.215. The van der Waals surface area contributed by atoms with Crippen molar-refractivity contribution in [2.75, 3.05) is 0 Å². The molecule has 1 aliphatic heterocycles. The highest BCUT2D eigenvalue weighted by Crippen LogP contribution is 2.29. The van der Waals surface area contributed by atoms with Crippen molar-refractivity contribution in [1.82, 2.24) is 5.01 Å². The zero-order valence-electron chi connectivity index (χ0n) is 11.0. The molecular formula is C15H14N2O3. The van der Waals surface area contributed by atoms with Crippen molar-refractivity contribution >= 4 is 11.6 Å². The van der Waals surface area contributed by atoms with Crippen molar-refractivity contribution in [3.8, 4) is 0 Å². The first kappa shape index (κ1) is 12.6. The molecule has 0 fully saturated rings. The minimum Gasteiger partial charge on any atom is -0.459 e. The fourth-order valence-corrected chi connectivity index (χ4v) is 2.22. The Kier molecular flexibility index (Phi) is 2.91. The van der Waals surface area contributed by atoms with E-state index in [1.54, 1.807) is 19.1 Å². The molecular weight excluding hydrogens is 256 g/mol. The molecule has 1 atom stereocenters. The number of furan rings is 1. The second-order valence-electron chi connectivity index (χ2n) is 4.90. The summed E-state index contributed by atoms with van der Waals surface area (Å²) in [7, 11) is 0. The van der Waals surface area contributed by atoms with Crippen LogP contribution in [0.1, 0.15) is 29.5 Å². The molecule has 0 aliphatic carbocycles. The average Bonchev–Trinajstić information content (AvgIpc) is 3.06. The minimum absolute atomic E-state index is 0.156. The van der Waals surface area contributed by atoms with Gasteiger partial charge >= 0.3 is 5.91 Å². The summed E-state index contributed by atoms with van der Waals surface area (Å²) in [6.45, 7) is 1.56. The van der Waals surface area contributed by atoms with Crippen molar-refractivity contribution in [3.05, 3.63) is 60.1 Å². The number of nitrogens with zero attached hydrogens (tertiary/aromatic N) is 2. The van der Waals surface area contributed by atoms with Crippen LogP contribution >= 0.6 is 0 Å². The van der Waals surface area contributed by atoms with Gasteiger partial charge in [0, 0.05) is 6.42 Å². The van der Waals surface area contributed by atoms with Gasteiger partial charge in [0.05, 0.1) is 12.0 Å². The molecule has 2 aromatic rings. The molecule has 2 heterocycles. The molecule has 0 unspecified atom stereocenters. The van der Waals surface area contributed by atoms with Crippen LogP contribution in [0.15, 0.2) is 58.2 Å². The van der Waals surface area contributed by atoms with Crippen LogP contribution in [0, 0.1) is 0 Å².